The monoisotopic (exact) mass is 403 g/mol. The molecule has 0 bridgehead atoms. The van der Waals surface area contributed by atoms with Gasteiger partial charge in [0, 0.05) is 37.4 Å². The fourth-order valence-corrected chi connectivity index (χ4v) is 3.31. The van der Waals surface area contributed by atoms with Crippen LogP contribution >= 0.6 is 11.6 Å². The van der Waals surface area contributed by atoms with Crippen LogP contribution in [-0.4, -0.2) is 48.7 Å². The molecule has 2 aromatic rings. The molecule has 1 saturated carbocycles. The van der Waals surface area contributed by atoms with Crippen LogP contribution in [0.1, 0.15) is 25.7 Å². The van der Waals surface area contributed by atoms with Crippen LogP contribution in [0.5, 0.6) is 5.75 Å². The first-order valence-corrected chi connectivity index (χ1v) is 9.82. The molecule has 3 rings (SSSR count). The standard InChI is InChI=1S/C20H26ClN5O2/c1-26(2)18-11-12-22-20(25-18)24-16-7-5-15(6-8-16)23-19(27)13-28-17-9-3-14(21)4-10-17/h3-4,9-12,15-16H,5-8,13H2,1-2H3,(H,23,27)(H,22,24,25)/t15-,16+. The zero-order valence-electron chi connectivity index (χ0n) is 16.2. The van der Waals surface area contributed by atoms with Gasteiger partial charge in [0.15, 0.2) is 6.61 Å². The summed E-state index contributed by atoms with van der Waals surface area (Å²) in [5, 5.41) is 7.10. The first-order chi connectivity index (χ1) is 13.5. The Morgan fingerprint density at radius 3 is 2.50 bits per heavy atom. The smallest absolute Gasteiger partial charge is 0.258 e. The lowest BCUT2D eigenvalue weighted by atomic mass is 9.91. The Labute approximate surface area is 170 Å². The summed E-state index contributed by atoms with van der Waals surface area (Å²) in [6, 6.07) is 9.34. The second kappa shape index (κ2) is 9.59. The third-order valence-electron chi connectivity index (χ3n) is 4.71. The molecular formula is C20H26ClN5O2. The molecule has 8 heteroatoms. The summed E-state index contributed by atoms with van der Waals surface area (Å²) >= 11 is 5.84. The number of ether oxygens (including phenoxy) is 1. The lowest BCUT2D eigenvalue weighted by Gasteiger charge is -2.29. The predicted molar refractivity (Wildman–Crippen MR) is 111 cm³/mol. The molecule has 150 valence electrons. The van der Waals surface area contributed by atoms with E-state index in [1.165, 1.54) is 0 Å². The quantitative estimate of drug-likeness (QED) is 0.739. The highest BCUT2D eigenvalue weighted by Gasteiger charge is 2.23. The van der Waals surface area contributed by atoms with Crippen molar-refractivity contribution >= 4 is 29.3 Å². The molecule has 0 saturated heterocycles. The number of amides is 1. The van der Waals surface area contributed by atoms with Crippen molar-refractivity contribution in [1.82, 2.24) is 15.3 Å². The fraction of sp³-hybridized carbons (Fsp3) is 0.450. The molecule has 2 N–H and O–H groups in total. The molecule has 1 aromatic heterocycles. The Morgan fingerprint density at radius 2 is 1.82 bits per heavy atom. The molecule has 0 unspecified atom stereocenters. The van der Waals surface area contributed by atoms with Crippen molar-refractivity contribution in [2.75, 3.05) is 30.9 Å². The first-order valence-electron chi connectivity index (χ1n) is 9.44. The van der Waals surface area contributed by atoms with Crippen molar-refractivity contribution in [3.8, 4) is 5.75 Å². The van der Waals surface area contributed by atoms with E-state index >= 15 is 0 Å². The van der Waals surface area contributed by atoms with Crippen molar-refractivity contribution < 1.29 is 9.53 Å². The number of hydrogen-bond acceptors (Lipinski definition) is 6. The maximum atomic E-state index is 12.1. The van der Waals surface area contributed by atoms with Gasteiger partial charge in [0.25, 0.3) is 5.91 Å². The van der Waals surface area contributed by atoms with Gasteiger partial charge in [-0.3, -0.25) is 4.79 Å². The Balaban J connectivity index is 1.39. The van der Waals surface area contributed by atoms with Crippen LogP contribution in [0.2, 0.25) is 5.02 Å². The highest BCUT2D eigenvalue weighted by Crippen LogP contribution is 2.22. The third-order valence-corrected chi connectivity index (χ3v) is 4.96. The minimum absolute atomic E-state index is 0.00494. The van der Waals surface area contributed by atoms with Crippen LogP contribution in [0.4, 0.5) is 11.8 Å². The number of halogens is 1. The maximum Gasteiger partial charge on any atom is 0.258 e. The summed E-state index contributed by atoms with van der Waals surface area (Å²) in [4.78, 5) is 22.9. The number of carbonyl (C=O) groups excluding carboxylic acids is 1. The summed E-state index contributed by atoms with van der Waals surface area (Å²) in [7, 11) is 3.91. The van der Waals surface area contributed by atoms with Gasteiger partial charge in [-0.15, -0.1) is 0 Å². The minimum atomic E-state index is -0.103. The molecule has 28 heavy (non-hydrogen) atoms. The molecule has 1 amide bonds. The highest BCUT2D eigenvalue weighted by atomic mass is 35.5. The molecular weight excluding hydrogens is 378 g/mol. The zero-order chi connectivity index (χ0) is 19.9. The molecule has 0 aliphatic heterocycles. The van der Waals surface area contributed by atoms with Gasteiger partial charge in [-0.1, -0.05) is 11.6 Å². The summed E-state index contributed by atoms with van der Waals surface area (Å²) in [5.74, 6) is 2.05. The normalized spacial score (nSPS) is 19.0. The Kier molecular flexibility index (Phi) is 6.92. The minimum Gasteiger partial charge on any atom is -0.484 e. The Hall–Kier alpha value is -2.54. The number of benzene rings is 1. The largest absolute Gasteiger partial charge is 0.484 e. The van der Waals surface area contributed by atoms with Gasteiger partial charge < -0.3 is 20.3 Å². The van der Waals surface area contributed by atoms with E-state index in [0.29, 0.717) is 22.8 Å². The van der Waals surface area contributed by atoms with Crippen molar-refractivity contribution in [1.29, 1.82) is 0 Å². The van der Waals surface area contributed by atoms with Crippen molar-refractivity contribution in [2.24, 2.45) is 0 Å². The average molecular weight is 404 g/mol. The number of nitrogens with one attached hydrogen (secondary N) is 2. The number of aromatic nitrogens is 2. The molecule has 7 nitrogen and oxygen atoms in total. The van der Waals surface area contributed by atoms with E-state index in [-0.39, 0.29) is 18.6 Å². The van der Waals surface area contributed by atoms with E-state index < -0.39 is 0 Å². The topological polar surface area (TPSA) is 79.4 Å². The average Bonchev–Trinajstić information content (AvgIpc) is 2.69. The van der Waals surface area contributed by atoms with Gasteiger partial charge in [0.2, 0.25) is 5.95 Å². The van der Waals surface area contributed by atoms with Crippen LogP contribution in [0.15, 0.2) is 36.5 Å². The number of anilines is 2. The summed E-state index contributed by atoms with van der Waals surface area (Å²) in [5.41, 5.74) is 0. The second-order valence-electron chi connectivity index (χ2n) is 7.14. The van der Waals surface area contributed by atoms with E-state index in [0.717, 1.165) is 31.5 Å². The Bertz CT molecular complexity index is 776. The van der Waals surface area contributed by atoms with Crippen LogP contribution in [0, 0.1) is 0 Å². The molecule has 1 fully saturated rings. The Morgan fingerprint density at radius 1 is 1.14 bits per heavy atom. The maximum absolute atomic E-state index is 12.1. The highest BCUT2D eigenvalue weighted by molar-refractivity contribution is 6.30. The number of rotatable bonds is 7. The first kappa shape index (κ1) is 20.2. The van der Waals surface area contributed by atoms with Crippen LogP contribution < -0.4 is 20.3 Å². The third kappa shape index (κ3) is 5.99. The van der Waals surface area contributed by atoms with Crippen LogP contribution in [0.25, 0.3) is 0 Å². The number of carbonyl (C=O) groups is 1. The van der Waals surface area contributed by atoms with Gasteiger partial charge >= 0.3 is 0 Å². The van der Waals surface area contributed by atoms with E-state index in [1.807, 2.05) is 25.1 Å². The molecule has 0 spiro atoms. The van der Waals surface area contributed by atoms with E-state index in [1.54, 1.807) is 30.5 Å². The van der Waals surface area contributed by atoms with E-state index in [2.05, 4.69) is 20.6 Å². The molecule has 1 aliphatic rings. The SMILES string of the molecule is CN(C)c1ccnc(N[C@H]2CC[C@@H](NC(=O)COc3ccc(Cl)cc3)CC2)n1. The number of hydrogen-bond donors (Lipinski definition) is 2. The van der Waals surface area contributed by atoms with Crippen LogP contribution in [-0.2, 0) is 4.79 Å². The second-order valence-corrected chi connectivity index (χ2v) is 7.57. The predicted octanol–water partition coefficient (Wildman–Crippen LogP) is 3.11. The summed E-state index contributed by atoms with van der Waals surface area (Å²) in [6.07, 6.45) is 5.50. The summed E-state index contributed by atoms with van der Waals surface area (Å²) < 4.78 is 5.49. The molecule has 1 aromatic carbocycles. The lowest BCUT2D eigenvalue weighted by molar-refractivity contribution is -0.124. The molecule has 0 radical (unpaired) electrons. The van der Waals surface area contributed by atoms with Gasteiger partial charge in [-0.05, 0) is 56.0 Å². The zero-order valence-corrected chi connectivity index (χ0v) is 16.9. The molecule has 0 atom stereocenters. The van der Waals surface area contributed by atoms with E-state index in [4.69, 9.17) is 16.3 Å². The lowest BCUT2D eigenvalue weighted by Crippen LogP contribution is -2.42. The van der Waals surface area contributed by atoms with Crippen molar-refractivity contribution in [3.63, 3.8) is 0 Å². The fourth-order valence-electron chi connectivity index (χ4n) is 3.18. The molecule has 1 aliphatic carbocycles. The van der Waals surface area contributed by atoms with Gasteiger partial charge in [0.1, 0.15) is 11.6 Å². The number of nitrogens with zero attached hydrogens (tertiary/aromatic N) is 3. The van der Waals surface area contributed by atoms with E-state index in [9.17, 15) is 4.79 Å². The molecule has 1 heterocycles. The van der Waals surface area contributed by atoms with Crippen molar-refractivity contribution in [2.45, 2.75) is 37.8 Å². The van der Waals surface area contributed by atoms with Crippen LogP contribution in [0.3, 0.4) is 0 Å². The van der Waals surface area contributed by atoms with Gasteiger partial charge in [-0.2, -0.15) is 4.98 Å². The van der Waals surface area contributed by atoms with Gasteiger partial charge in [-0.25, -0.2) is 4.98 Å². The van der Waals surface area contributed by atoms with Gasteiger partial charge in [0.05, 0.1) is 0 Å². The summed E-state index contributed by atoms with van der Waals surface area (Å²) in [6.45, 7) is 0.00494. The van der Waals surface area contributed by atoms with Crippen molar-refractivity contribution in [3.05, 3.63) is 41.6 Å².